The first kappa shape index (κ1) is 47.4. The summed E-state index contributed by atoms with van der Waals surface area (Å²) in [6, 6.07) is 11.5. The largest absolute Gasteiger partial charge is 0.466 e. The van der Waals surface area contributed by atoms with Gasteiger partial charge in [0.2, 0.25) is 0 Å². The molecule has 16 heteroatoms. The molecule has 14 nitrogen and oxygen atoms in total. The number of ether oxygens (including phenoxy) is 4. The second-order valence-electron chi connectivity index (χ2n) is 15.1. The second kappa shape index (κ2) is 20.6. The fraction of sp³-hybridized carbons (Fsp3) is 0.429. The van der Waals surface area contributed by atoms with E-state index in [0.29, 0.717) is 11.1 Å². The van der Waals surface area contributed by atoms with Gasteiger partial charge in [-0.25, -0.2) is 19.4 Å². The molecule has 0 bridgehead atoms. The van der Waals surface area contributed by atoms with Crippen molar-refractivity contribution >= 4 is 79.4 Å². The van der Waals surface area contributed by atoms with E-state index in [-0.39, 0.29) is 37.6 Å². The van der Waals surface area contributed by atoms with Crippen LogP contribution in [0.2, 0.25) is 0 Å². The van der Waals surface area contributed by atoms with Crippen LogP contribution in [0, 0.1) is 11.8 Å². The highest BCUT2D eigenvalue weighted by Gasteiger charge is 2.45. The van der Waals surface area contributed by atoms with Crippen molar-refractivity contribution in [2.45, 2.75) is 91.5 Å². The van der Waals surface area contributed by atoms with Gasteiger partial charge in [0.1, 0.15) is 11.2 Å². The minimum absolute atomic E-state index is 0.110. The third-order valence-corrected chi connectivity index (χ3v) is 9.33. The standard InChI is InChI=1S/2C21H24BrNO6/c2*1-5-28-19(26)15(12-17(24)13-6-8-14(22)9-7-13)16-10-11-18(25)23(16)20(27)29-21(2,3)4/h2*6-11,15-16H,5,12H2,1-4H3/t2*15-,16-/m10/s1. The first-order valence-electron chi connectivity index (χ1n) is 18.5. The van der Waals surface area contributed by atoms with E-state index in [1.807, 2.05) is 0 Å². The molecular weight excluding hydrogens is 884 g/mol. The average Bonchev–Trinajstić information content (AvgIpc) is 3.70. The Morgan fingerprint density at radius 2 is 0.897 bits per heavy atom. The highest BCUT2D eigenvalue weighted by Crippen LogP contribution is 2.29. The Labute approximate surface area is 354 Å². The van der Waals surface area contributed by atoms with E-state index < -0.39 is 71.1 Å². The number of nitrogens with zero attached hydrogens (tertiary/aromatic N) is 2. The Hall–Kier alpha value is -4.96. The maximum absolute atomic E-state index is 12.8. The van der Waals surface area contributed by atoms with Gasteiger partial charge < -0.3 is 18.9 Å². The number of ketones is 2. The van der Waals surface area contributed by atoms with Crippen LogP contribution in [0.25, 0.3) is 0 Å². The van der Waals surface area contributed by atoms with Crippen molar-refractivity contribution in [3.8, 4) is 0 Å². The average molecular weight is 933 g/mol. The third-order valence-electron chi connectivity index (χ3n) is 8.27. The molecule has 4 rings (SSSR count). The van der Waals surface area contributed by atoms with E-state index in [1.54, 1.807) is 104 Å². The van der Waals surface area contributed by atoms with Crippen LogP contribution in [-0.4, -0.2) is 93.8 Å². The van der Waals surface area contributed by atoms with E-state index >= 15 is 0 Å². The van der Waals surface area contributed by atoms with E-state index in [9.17, 15) is 38.4 Å². The predicted octanol–water partition coefficient (Wildman–Crippen LogP) is 7.81. The molecule has 0 N–H and O–H groups in total. The number of halogens is 2. The Morgan fingerprint density at radius 3 is 1.17 bits per heavy atom. The number of amides is 4. The molecule has 2 aromatic rings. The molecule has 4 amide bonds. The Kier molecular flexibility index (Phi) is 16.9. The zero-order valence-corrected chi connectivity index (χ0v) is 36.8. The maximum Gasteiger partial charge on any atom is 0.417 e. The molecule has 0 aliphatic carbocycles. The summed E-state index contributed by atoms with van der Waals surface area (Å²) in [7, 11) is 0. The van der Waals surface area contributed by atoms with Gasteiger partial charge in [-0.2, -0.15) is 0 Å². The number of hydrogen-bond acceptors (Lipinski definition) is 12. The number of benzene rings is 2. The molecule has 0 radical (unpaired) electrons. The summed E-state index contributed by atoms with van der Waals surface area (Å²) >= 11 is 6.61. The second-order valence-corrected chi connectivity index (χ2v) is 16.9. The van der Waals surface area contributed by atoms with Crippen LogP contribution in [-0.2, 0) is 38.1 Å². The van der Waals surface area contributed by atoms with Crippen molar-refractivity contribution in [3.05, 3.63) is 92.9 Å². The summed E-state index contributed by atoms with van der Waals surface area (Å²) in [6.45, 7) is 13.6. The fourth-order valence-corrected chi connectivity index (χ4v) is 6.28. The maximum atomic E-state index is 12.8. The van der Waals surface area contributed by atoms with Crippen LogP contribution < -0.4 is 0 Å². The van der Waals surface area contributed by atoms with Crippen molar-refractivity contribution in [1.29, 1.82) is 0 Å². The van der Waals surface area contributed by atoms with Crippen LogP contribution in [0.4, 0.5) is 9.59 Å². The molecule has 0 saturated carbocycles. The molecule has 2 heterocycles. The normalized spacial score (nSPS) is 17.2. The van der Waals surface area contributed by atoms with Crippen LogP contribution in [0.15, 0.2) is 81.8 Å². The summed E-state index contributed by atoms with van der Waals surface area (Å²) < 4.78 is 22.5. The van der Waals surface area contributed by atoms with Gasteiger partial charge >= 0.3 is 24.1 Å². The Balaban J connectivity index is 0.000000310. The number of Topliss-reactive ketones (excluding diaryl/α,β-unsaturated/α-hetero) is 2. The summed E-state index contributed by atoms with van der Waals surface area (Å²) in [5, 5.41) is 0. The smallest absolute Gasteiger partial charge is 0.417 e. The summed E-state index contributed by atoms with van der Waals surface area (Å²) in [6.07, 6.45) is 3.08. The lowest BCUT2D eigenvalue weighted by atomic mass is 9.91. The molecule has 0 spiro atoms. The van der Waals surface area contributed by atoms with Crippen LogP contribution in [0.5, 0.6) is 0 Å². The van der Waals surface area contributed by atoms with Gasteiger partial charge in [-0.1, -0.05) is 68.3 Å². The molecule has 0 aromatic heterocycles. The number of imide groups is 2. The van der Waals surface area contributed by atoms with Gasteiger partial charge in [0.05, 0.1) is 37.1 Å². The van der Waals surface area contributed by atoms with Gasteiger partial charge in [0, 0.05) is 45.1 Å². The van der Waals surface area contributed by atoms with E-state index in [4.69, 9.17) is 18.9 Å². The molecule has 312 valence electrons. The minimum Gasteiger partial charge on any atom is -0.466 e. The van der Waals surface area contributed by atoms with Gasteiger partial charge in [-0.05, 0) is 79.7 Å². The first-order chi connectivity index (χ1) is 27.1. The van der Waals surface area contributed by atoms with Crippen LogP contribution in [0.1, 0.15) is 88.9 Å². The fourth-order valence-electron chi connectivity index (χ4n) is 5.75. The zero-order chi connectivity index (χ0) is 43.5. The van der Waals surface area contributed by atoms with Crippen molar-refractivity contribution in [3.63, 3.8) is 0 Å². The molecular formula is C42H48Br2N2O12. The lowest BCUT2D eigenvalue weighted by Gasteiger charge is -2.30. The molecule has 2 aromatic carbocycles. The molecule has 0 fully saturated rings. The third kappa shape index (κ3) is 13.6. The lowest BCUT2D eigenvalue weighted by molar-refractivity contribution is -0.151. The molecule has 4 atom stereocenters. The van der Waals surface area contributed by atoms with Crippen LogP contribution in [0.3, 0.4) is 0 Å². The van der Waals surface area contributed by atoms with Gasteiger partial charge in [0.15, 0.2) is 11.6 Å². The van der Waals surface area contributed by atoms with E-state index in [2.05, 4.69) is 31.9 Å². The summed E-state index contributed by atoms with van der Waals surface area (Å²) in [5.74, 6) is -5.20. The number of carbonyl (C=O) groups excluding carboxylic acids is 8. The first-order valence-corrected chi connectivity index (χ1v) is 20.0. The van der Waals surface area contributed by atoms with Crippen molar-refractivity contribution in [1.82, 2.24) is 9.80 Å². The van der Waals surface area contributed by atoms with Crippen LogP contribution >= 0.6 is 31.9 Å². The predicted molar refractivity (Wildman–Crippen MR) is 218 cm³/mol. The van der Waals surface area contributed by atoms with Gasteiger partial charge in [-0.3, -0.25) is 28.8 Å². The van der Waals surface area contributed by atoms with Crippen molar-refractivity contribution in [2.75, 3.05) is 13.2 Å². The van der Waals surface area contributed by atoms with Crippen molar-refractivity contribution in [2.24, 2.45) is 11.8 Å². The van der Waals surface area contributed by atoms with Gasteiger partial charge in [0.25, 0.3) is 11.8 Å². The summed E-state index contributed by atoms with van der Waals surface area (Å²) in [5.41, 5.74) is -0.812. The number of carbonyl (C=O) groups is 8. The molecule has 2 aliphatic heterocycles. The monoisotopic (exact) mass is 930 g/mol. The zero-order valence-electron chi connectivity index (χ0n) is 33.6. The van der Waals surface area contributed by atoms with E-state index in [0.717, 1.165) is 18.7 Å². The Morgan fingerprint density at radius 1 is 0.586 bits per heavy atom. The molecule has 58 heavy (non-hydrogen) atoms. The van der Waals surface area contributed by atoms with E-state index in [1.165, 1.54) is 24.3 Å². The number of rotatable bonds is 12. The minimum atomic E-state index is -1.04. The lowest BCUT2D eigenvalue weighted by Crippen LogP contribution is -2.48. The van der Waals surface area contributed by atoms with Crippen molar-refractivity contribution < 1.29 is 57.3 Å². The quantitative estimate of drug-likeness (QED) is 0.115. The molecule has 0 saturated heterocycles. The number of esters is 2. The topological polar surface area (TPSA) is 180 Å². The summed E-state index contributed by atoms with van der Waals surface area (Å²) in [4.78, 5) is 102. The number of hydrogen-bond donors (Lipinski definition) is 0. The highest BCUT2D eigenvalue weighted by molar-refractivity contribution is 9.10. The van der Waals surface area contributed by atoms with Gasteiger partial charge in [-0.15, -0.1) is 0 Å². The Bertz CT molecular complexity index is 1790. The highest BCUT2D eigenvalue weighted by atomic mass is 79.9. The molecule has 0 unspecified atom stereocenters. The SMILES string of the molecule is CCOC(=O)[C@@H](CC(=O)c1ccc(Br)cc1)[C@@H]1C=CC(=O)N1C(=O)OC(C)(C)C.CCOC(=O)[C@H](CC(=O)c1ccc(Br)cc1)[C@H]1C=CC(=O)N1C(=O)OC(C)(C)C. The molecule has 2 aliphatic rings.